The third-order valence-corrected chi connectivity index (χ3v) is 5.46. The molecule has 4 aromatic rings. The lowest BCUT2D eigenvalue weighted by Crippen LogP contribution is -2.24. The maximum Gasteiger partial charge on any atom is 0.269 e. The van der Waals surface area contributed by atoms with Gasteiger partial charge in [-0.05, 0) is 29.6 Å². The van der Waals surface area contributed by atoms with Gasteiger partial charge in [-0.1, -0.05) is 11.2 Å². The quantitative estimate of drug-likeness (QED) is 0.582. The Labute approximate surface area is 150 Å². The predicted molar refractivity (Wildman–Crippen MR) is 95.3 cm³/mol. The van der Waals surface area contributed by atoms with E-state index < -0.39 is 0 Å². The summed E-state index contributed by atoms with van der Waals surface area (Å²) in [5.74, 6) is 0.912. The molecular weight excluding hydrogens is 358 g/mol. The van der Waals surface area contributed by atoms with Crippen molar-refractivity contribution in [2.24, 2.45) is 7.05 Å². The van der Waals surface area contributed by atoms with Crippen LogP contribution in [-0.2, 0) is 13.6 Å². The molecule has 4 aromatic heterocycles. The third kappa shape index (κ3) is 3.24. The van der Waals surface area contributed by atoms with Gasteiger partial charge in [-0.15, -0.1) is 22.7 Å². The van der Waals surface area contributed by atoms with Crippen molar-refractivity contribution in [3.63, 3.8) is 0 Å². The number of rotatable bonds is 5. The summed E-state index contributed by atoms with van der Waals surface area (Å²) < 4.78 is 6.89. The zero-order chi connectivity index (χ0) is 17.2. The number of amides is 1. The van der Waals surface area contributed by atoms with Crippen molar-refractivity contribution in [3.05, 3.63) is 52.5 Å². The predicted octanol–water partition coefficient (Wildman–Crippen LogP) is 3.19. The van der Waals surface area contributed by atoms with Gasteiger partial charge in [0.25, 0.3) is 11.8 Å². The zero-order valence-corrected chi connectivity index (χ0v) is 14.8. The second-order valence-electron chi connectivity index (χ2n) is 5.19. The van der Waals surface area contributed by atoms with Crippen molar-refractivity contribution in [3.8, 4) is 21.5 Å². The number of hydrogen-bond donors (Lipinski definition) is 1. The molecule has 7 nitrogen and oxygen atoms in total. The molecular formula is C16H13N5O2S2. The van der Waals surface area contributed by atoms with E-state index in [1.807, 2.05) is 29.6 Å². The molecule has 0 bridgehead atoms. The van der Waals surface area contributed by atoms with E-state index in [2.05, 4.69) is 20.6 Å². The Kier molecular flexibility index (Phi) is 4.16. The number of carbonyl (C=O) groups is 1. The van der Waals surface area contributed by atoms with Gasteiger partial charge in [0.2, 0.25) is 5.82 Å². The lowest BCUT2D eigenvalue weighted by Gasteiger charge is -2.03. The first-order chi connectivity index (χ1) is 12.2. The van der Waals surface area contributed by atoms with Crippen molar-refractivity contribution >= 4 is 28.6 Å². The van der Waals surface area contributed by atoms with E-state index in [-0.39, 0.29) is 5.91 Å². The van der Waals surface area contributed by atoms with Gasteiger partial charge >= 0.3 is 0 Å². The van der Waals surface area contributed by atoms with Crippen molar-refractivity contribution in [2.45, 2.75) is 6.54 Å². The smallest absolute Gasteiger partial charge is 0.269 e. The first-order valence-electron chi connectivity index (χ1n) is 7.43. The molecule has 0 aliphatic rings. The Balaban J connectivity index is 1.44. The highest BCUT2D eigenvalue weighted by atomic mass is 32.1. The summed E-state index contributed by atoms with van der Waals surface area (Å²) in [6.07, 6.45) is 1.60. The molecule has 4 heterocycles. The normalized spacial score (nSPS) is 10.9. The zero-order valence-electron chi connectivity index (χ0n) is 13.2. The van der Waals surface area contributed by atoms with Crippen molar-refractivity contribution in [2.75, 3.05) is 0 Å². The molecule has 0 aliphatic heterocycles. The molecule has 0 unspecified atom stereocenters. The van der Waals surface area contributed by atoms with Gasteiger partial charge in [0.1, 0.15) is 5.69 Å². The summed E-state index contributed by atoms with van der Waals surface area (Å²) in [7, 11) is 1.74. The van der Waals surface area contributed by atoms with Crippen LogP contribution in [0.1, 0.15) is 15.4 Å². The monoisotopic (exact) mass is 371 g/mol. The largest absolute Gasteiger partial charge is 0.346 e. The highest BCUT2D eigenvalue weighted by molar-refractivity contribution is 7.15. The molecule has 0 aromatic carbocycles. The van der Waals surface area contributed by atoms with Crippen LogP contribution in [0.25, 0.3) is 21.5 Å². The van der Waals surface area contributed by atoms with Gasteiger partial charge < -0.3 is 9.84 Å². The van der Waals surface area contributed by atoms with E-state index in [1.165, 1.54) is 11.3 Å². The lowest BCUT2D eigenvalue weighted by atomic mass is 10.3. The average molecular weight is 371 g/mol. The summed E-state index contributed by atoms with van der Waals surface area (Å²) >= 11 is 3.07. The van der Waals surface area contributed by atoms with Crippen LogP contribution in [0.3, 0.4) is 0 Å². The van der Waals surface area contributed by atoms with Gasteiger partial charge in [-0.25, -0.2) is 0 Å². The summed E-state index contributed by atoms with van der Waals surface area (Å²) in [4.78, 5) is 19.4. The molecule has 126 valence electrons. The standard InChI is InChI=1S/C16H13N5O2S2/c1-21-11(6-7-18-21)15(22)17-9-10-4-5-13(25-10)16-19-14(20-23-16)12-3-2-8-24-12/h2-8H,9H2,1H3,(H,17,22). The van der Waals surface area contributed by atoms with Crippen LogP contribution in [0.5, 0.6) is 0 Å². The van der Waals surface area contributed by atoms with E-state index in [0.29, 0.717) is 24.0 Å². The van der Waals surface area contributed by atoms with Crippen molar-refractivity contribution < 1.29 is 9.32 Å². The molecule has 1 amide bonds. The molecule has 0 radical (unpaired) electrons. The number of carbonyl (C=O) groups excluding carboxylic acids is 1. The molecule has 0 atom stereocenters. The van der Waals surface area contributed by atoms with Gasteiger partial charge in [-0.3, -0.25) is 9.48 Å². The van der Waals surface area contributed by atoms with Crippen LogP contribution in [0, 0.1) is 0 Å². The van der Waals surface area contributed by atoms with Crippen LogP contribution < -0.4 is 5.32 Å². The fourth-order valence-electron chi connectivity index (χ4n) is 2.27. The number of aromatic nitrogens is 4. The highest BCUT2D eigenvalue weighted by Crippen LogP contribution is 2.29. The van der Waals surface area contributed by atoms with Crippen molar-refractivity contribution in [1.29, 1.82) is 0 Å². The lowest BCUT2D eigenvalue weighted by molar-refractivity contribution is 0.0942. The minimum absolute atomic E-state index is 0.160. The maximum atomic E-state index is 12.1. The van der Waals surface area contributed by atoms with Crippen LogP contribution in [0.2, 0.25) is 0 Å². The molecule has 0 saturated carbocycles. The second kappa shape index (κ2) is 6.61. The van der Waals surface area contributed by atoms with E-state index in [1.54, 1.807) is 35.3 Å². The topological polar surface area (TPSA) is 85.8 Å². The molecule has 0 aliphatic carbocycles. The van der Waals surface area contributed by atoms with Gasteiger partial charge in [0, 0.05) is 18.1 Å². The van der Waals surface area contributed by atoms with E-state index >= 15 is 0 Å². The van der Waals surface area contributed by atoms with Gasteiger partial charge in [0.05, 0.1) is 16.3 Å². The molecule has 0 spiro atoms. The Morgan fingerprint density at radius 1 is 1.28 bits per heavy atom. The Morgan fingerprint density at radius 3 is 2.96 bits per heavy atom. The minimum Gasteiger partial charge on any atom is -0.346 e. The Hall–Kier alpha value is -2.78. The van der Waals surface area contributed by atoms with Gasteiger partial charge in [-0.2, -0.15) is 10.1 Å². The van der Waals surface area contributed by atoms with Crippen LogP contribution >= 0.6 is 22.7 Å². The number of hydrogen-bond acceptors (Lipinski definition) is 7. The summed E-state index contributed by atoms with van der Waals surface area (Å²) in [6.45, 7) is 0.431. The van der Waals surface area contributed by atoms with E-state index in [4.69, 9.17) is 4.52 Å². The third-order valence-electron chi connectivity index (χ3n) is 3.52. The van der Waals surface area contributed by atoms with Crippen molar-refractivity contribution in [1.82, 2.24) is 25.2 Å². The van der Waals surface area contributed by atoms with E-state index in [0.717, 1.165) is 14.6 Å². The molecule has 4 rings (SSSR count). The first-order valence-corrected chi connectivity index (χ1v) is 9.13. The SMILES string of the molecule is Cn1nccc1C(=O)NCc1ccc(-c2nc(-c3cccs3)no2)s1. The number of aryl methyl sites for hydroxylation is 1. The Bertz CT molecular complexity index is 1000. The highest BCUT2D eigenvalue weighted by Gasteiger charge is 2.14. The van der Waals surface area contributed by atoms with Crippen LogP contribution in [-0.4, -0.2) is 25.8 Å². The van der Waals surface area contributed by atoms with Crippen LogP contribution in [0.4, 0.5) is 0 Å². The molecule has 1 N–H and O–H groups in total. The second-order valence-corrected chi connectivity index (χ2v) is 7.31. The first kappa shape index (κ1) is 15.7. The summed E-state index contributed by atoms with van der Waals surface area (Å²) in [5, 5.41) is 12.9. The van der Waals surface area contributed by atoms with E-state index in [9.17, 15) is 4.79 Å². The number of nitrogens with zero attached hydrogens (tertiary/aromatic N) is 4. The maximum absolute atomic E-state index is 12.1. The number of thiophene rings is 2. The fourth-order valence-corrected chi connectivity index (χ4v) is 3.79. The fraction of sp³-hybridized carbons (Fsp3) is 0.125. The molecule has 25 heavy (non-hydrogen) atoms. The molecule has 0 fully saturated rings. The van der Waals surface area contributed by atoms with Crippen LogP contribution in [0.15, 0.2) is 46.4 Å². The molecule has 9 heteroatoms. The average Bonchev–Trinajstić information content (AvgIpc) is 3.38. The van der Waals surface area contributed by atoms with Gasteiger partial charge in [0.15, 0.2) is 0 Å². The Morgan fingerprint density at radius 2 is 2.20 bits per heavy atom. The minimum atomic E-state index is -0.160. The number of nitrogens with one attached hydrogen (secondary N) is 1. The summed E-state index contributed by atoms with van der Waals surface area (Å²) in [6, 6.07) is 9.44. The summed E-state index contributed by atoms with van der Waals surface area (Å²) in [5.41, 5.74) is 0.522. The molecule has 0 saturated heterocycles.